The van der Waals surface area contributed by atoms with Crippen molar-refractivity contribution in [2.24, 2.45) is 17.8 Å². The summed E-state index contributed by atoms with van der Waals surface area (Å²) in [4.78, 5) is 13.4. The number of carbonyl (C=O) groups is 1. The molecule has 0 amide bonds. The zero-order valence-corrected chi connectivity index (χ0v) is 18.5. The Hall–Kier alpha value is -1.74. The first-order valence-electron chi connectivity index (χ1n) is 9.65. The SMILES string of the molecule is COC(=O)c1ccc(CCC[C@@H]2[C@@H](COc3cc(Cl)cc(Cl)c3)CC[C@H]2C#N)s1. The lowest BCUT2D eigenvalue weighted by atomic mass is 9.86. The molecule has 0 aliphatic heterocycles. The summed E-state index contributed by atoms with van der Waals surface area (Å²) in [5.41, 5.74) is 0. The van der Waals surface area contributed by atoms with Gasteiger partial charge in [-0.2, -0.15) is 5.26 Å². The van der Waals surface area contributed by atoms with Crippen molar-refractivity contribution in [3.8, 4) is 11.8 Å². The molecule has 0 spiro atoms. The smallest absolute Gasteiger partial charge is 0.348 e. The number of aryl methyl sites for hydroxylation is 1. The van der Waals surface area contributed by atoms with Crippen molar-refractivity contribution in [1.82, 2.24) is 0 Å². The Morgan fingerprint density at radius 1 is 1.24 bits per heavy atom. The third-order valence-corrected chi connectivity index (χ3v) is 7.01. The third-order valence-electron chi connectivity index (χ3n) is 5.45. The number of hydrogen-bond acceptors (Lipinski definition) is 5. The van der Waals surface area contributed by atoms with Gasteiger partial charge in [-0.25, -0.2) is 4.79 Å². The molecule has 0 N–H and O–H groups in total. The molecular formula is C22H23Cl2NO3S. The summed E-state index contributed by atoms with van der Waals surface area (Å²) in [6.45, 7) is 0.561. The third kappa shape index (κ3) is 5.88. The summed E-state index contributed by atoms with van der Waals surface area (Å²) >= 11 is 13.6. The highest BCUT2D eigenvalue weighted by Gasteiger charge is 2.36. The number of rotatable bonds is 8. The molecule has 0 bridgehead atoms. The van der Waals surface area contributed by atoms with E-state index in [0.29, 0.717) is 39.1 Å². The molecule has 29 heavy (non-hydrogen) atoms. The summed E-state index contributed by atoms with van der Waals surface area (Å²) in [5.74, 6) is 1.09. The van der Waals surface area contributed by atoms with Gasteiger partial charge in [-0.15, -0.1) is 11.3 Å². The van der Waals surface area contributed by atoms with Gasteiger partial charge in [0.2, 0.25) is 0 Å². The van der Waals surface area contributed by atoms with E-state index in [-0.39, 0.29) is 11.9 Å². The first-order chi connectivity index (χ1) is 14.0. The van der Waals surface area contributed by atoms with E-state index in [1.165, 1.54) is 23.3 Å². The average Bonchev–Trinajstić information content (AvgIpc) is 3.32. The van der Waals surface area contributed by atoms with Crippen LogP contribution in [0.2, 0.25) is 10.0 Å². The molecule has 0 radical (unpaired) electrons. The minimum atomic E-state index is -0.292. The molecule has 7 heteroatoms. The lowest BCUT2D eigenvalue weighted by molar-refractivity contribution is 0.0606. The molecule has 1 fully saturated rings. The Bertz CT molecular complexity index is 872. The van der Waals surface area contributed by atoms with Crippen molar-refractivity contribution >= 4 is 40.5 Å². The van der Waals surface area contributed by atoms with Gasteiger partial charge < -0.3 is 9.47 Å². The van der Waals surface area contributed by atoms with Crippen LogP contribution in [-0.2, 0) is 11.2 Å². The fraction of sp³-hybridized carbons (Fsp3) is 0.455. The van der Waals surface area contributed by atoms with Gasteiger partial charge in [0.05, 0.1) is 19.8 Å². The monoisotopic (exact) mass is 451 g/mol. The van der Waals surface area contributed by atoms with Crippen LogP contribution in [0.4, 0.5) is 0 Å². The Kier molecular flexibility index (Phi) is 7.83. The number of halogens is 2. The van der Waals surface area contributed by atoms with Crippen LogP contribution in [0.1, 0.15) is 40.2 Å². The first kappa shape index (κ1) is 22.0. The molecule has 2 aromatic rings. The Morgan fingerprint density at radius 2 is 2.00 bits per heavy atom. The zero-order valence-electron chi connectivity index (χ0n) is 16.2. The van der Waals surface area contributed by atoms with Gasteiger partial charge in [-0.05, 0) is 74.3 Å². The molecule has 1 aromatic heterocycles. The second kappa shape index (κ2) is 10.3. The van der Waals surface area contributed by atoms with Crippen LogP contribution >= 0.6 is 34.5 Å². The number of benzene rings is 1. The molecule has 1 aromatic carbocycles. The lowest BCUT2D eigenvalue weighted by Gasteiger charge is -2.22. The molecular weight excluding hydrogens is 429 g/mol. The normalized spacial score (nSPS) is 21.0. The van der Waals surface area contributed by atoms with Crippen molar-refractivity contribution in [2.75, 3.05) is 13.7 Å². The summed E-state index contributed by atoms with van der Waals surface area (Å²) in [6, 6.07) is 11.5. The van der Waals surface area contributed by atoms with Gasteiger partial charge in [-0.3, -0.25) is 0 Å². The van der Waals surface area contributed by atoms with Crippen LogP contribution in [0, 0.1) is 29.1 Å². The van der Waals surface area contributed by atoms with Crippen molar-refractivity contribution in [3.63, 3.8) is 0 Å². The summed E-state index contributed by atoms with van der Waals surface area (Å²) < 4.78 is 10.7. The van der Waals surface area contributed by atoms with Crippen LogP contribution in [-0.4, -0.2) is 19.7 Å². The van der Waals surface area contributed by atoms with E-state index in [0.717, 1.165) is 32.1 Å². The molecule has 0 saturated heterocycles. The van der Waals surface area contributed by atoms with E-state index in [2.05, 4.69) is 6.07 Å². The van der Waals surface area contributed by atoms with Crippen LogP contribution in [0.25, 0.3) is 0 Å². The highest BCUT2D eigenvalue weighted by atomic mass is 35.5. The van der Waals surface area contributed by atoms with Crippen LogP contribution in [0.5, 0.6) is 5.75 Å². The van der Waals surface area contributed by atoms with E-state index in [1.54, 1.807) is 18.2 Å². The average molecular weight is 452 g/mol. The maximum absolute atomic E-state index is 11.6. The topological polar surface area (TPSA) is 59.3 Å². The Labute approximate surface area is 185 Å². The molecule has 1 aliphatic carbocycles. The fourth-order valence-corrected chi connectivity index (χ4v) is 5.48. The molecule has 1 saturated carbocycles. The first-order valence-corrected chi connectivity index (χ1v) is 11.2. The molecule has 3 rings (SSSR count). The minimum Gasteiger partial charge on any atom is -0.493 e. The molecule has 0 unspecified atom stereocenters. The van der Waals surface area contributed by atoms with E-state index >= 15 is 0 Å². The van der Waals surface area contributed by atoms with E-state index in [9.17, 15) is 10.1 Å². The summed E-state index contributed by atoms with van der Waals surface area (Å²) in [7, 11) is 1.39. The Morgan fingerprint density at radius 3 is 2.69 bits per heavy atom. The van der Waals surface area contributed by atoms with Gasteiger partial charge in [0.25, 0.3) is 0 Å². The van der Waals surface area contributed by atoms with Crippen molar-refractivity contribution in [1.29, 1.82) is 5.26 Å². The molecule has 4 nitrogen and oxygen atoms in total. The number of nitrogens with zero attached hydrogens (tertiary/aromatic N) is 1. The summed E-state index contributed by atoms with van der Waals surface area (Å²) in [5, 5.41) is 10.6. The van der Waals surface area contributed by atoms with Crippen LogP contribution in [0.15, 0.2) is 30.3 Å². The highest BCUT2D eigenvalue weighted by Crippen LogP contribution is 2.40. The standard InChI is InChI=1S/C22H23Cl2NO3S/c1-27-22(26)21-8-7-19(29-21)3-2-4-20-14(12-25)5-6-15(20)13-28-18-10-16(23)9-17(24)11-18/h7-11,14-15,20H,2-6,13H2,1H3/t14-,15+,20-/m0/s1. The largest absolute Gasteiger partial charge is 0.493 e. The van der Waals surface area contributed by atoms with E-state index < -0.39 is 0 Å². The molecule has 3 atom stereocenters. The zero-order chi connectivity index (χ0) is 20.8. The molecule has 154 valence electrons. The van der Waals surface area contributed by atoms with E-state index in [4.69, 9.17) is 32.7 Å². The number of esters is 1. The van der Waals surface area contributed by atoms with Gasteiger partial charge in [-0.1, -0.05) is 23.2 Å². The van der Waals surface area contributed by atoms with Gasteiger partial charge in [0, 0.05) is 20.8 Å². The Balaban J connectivity index is 1.54. The highest BCUT2D eigenvalue weighted by molar-refractivity contribution is 7.13. The predicted molar refractivity (Wildman–Crippen MR) is 116 cm³/mol. The van der Waals surface area contributed by atoms with Gasteiger partial charge in [0.1, 0.15) is 10.6 Å². The second-order valence-corrected chi connectivity index (χ2v) is 9.34. The van der Waals surface area contributed by atoms with Crippen LogP contribution < -0.4 is 4.74 Å². The van der Waals surface area contributed by atoms with Crippen molar-refractivity contribution in [3.05, 3.63) is 50.1 Å². The maximum atomic E-state index is 11.6. The second-order valence-electron chi connectivity index (χ2n) is 7.30. The number of thiophene rings is 1. The number of hydrogen-bond donors (Lipinski definition) is 0. The quantitative estimate of drug-likeness (QED) is 0.435. The minimum absolute atomic E-state index is 0.0699. The molecule has 1 aliphatic rings. The summed E-state index contributed by atoms with van der Waals surface area (Å²) in [6.07, 6.45) is 4.74. The molecule has 1 heterocycles. The number of carbonyl (C=O) groups excluding carboxylic acids is 1. The van der Waals surface area contributed by atoms with Crippen molar-refractivity contribution < 1.29 is 14.3 Å². The van der Waals surface area contributed by atoms with Crippen LogP contribution in [0.3, 0.4) is 0 Å². The number of methoxy groups -OCH3 is 1. The number of nitriles is 1. The fourth-order valence-electron chi connectivity index (χ4n) is 4.00. The maximum Gasteiger partial charge on any atom is 0.348 e. The van der Waals surface area contributed by atoms with Gasteiger partial charge in [0.15, 0.2) is 0 Å². The lowest BCUT2D eigenvalue weighted by Crippen LogP contribution is -2.20. The number of ether oxygens (including phenoxy) is 2. The predicted octanol–water partition coefficient (Wildman–Crippen LogP) is 6.41. The van der Waals surface area contributed by atoms with Gasteiger partial charge >= 0.3 is 5.97 Å². The van der Waals surface area contributed by atoms with Crippen molar-refractivity contribution in [2.45, 2.75) is 32.1 Å². The van der Waals surface area contributed by atoms with E-state index in [1.807, 2.05) is 12.1 Å².